The van der Waals surface area contributed by atoms with E-state index in [1.54, 1.807) is 30.5 Å². The van der Waals surface area contributed by atoms with Crippen LogP contribution in [-0.4, -0.2) is 59.3 Å². The van der Waals surface area contributed by atoms with Crippen molar-refractivity contribution in [2.24, 2.45) is 0 Å². The number of rotatable bonds is 6. The van der Waals surface area contributed by atoms with Crippen molar-refractivity contribution in [3.05, 3.63) is 48.2 Å². The summed E-state index contributed by atoms with van der Waals surface area (Å²) in [6.45, 7) is 3.96. The van der Waals surface area contributed by atoms with E-state index in [-0.39, 0.29) is 17.7 Å². The van der Waals surface area contributed by atoms with Gasteiger partial charge in [0.2, 0.25) is 0 Å². The van der Waals surface area contributed by atoms with Crippen LogP contribution in [0.15, 0.2) is 52.5 Å². The Kier molecular flexibility index (Phi) is 6.71. The lowest BCUT2D eigenvalue weighted by Gasteiger charge is -2.28. The van der Waals surface area contributed by atoms with E-state index >= 15 is 0 Å². The Morgan fingerprint density at radius 1 is 1.06 bits per heavy atom. The summed E-state index contributed by atoms with van der Waals surface area (Å²) in [5, 5.41) is 0.663. The van der Waals surface area contributed by atoms with Crippen LogP contribution >= 0.6 is 11.8 Å². The molecule has 1 aromatic heterocycles. The van der Waals surface area contributed by atoms with Gasteiger partial charge in [-0.05, 0) is 75.2 Å². The number of pyridine rings is 1. The second-order valence-corrected chi connectivity index (χ2v) is 8.90. The van der Waals surface area contributed by atoms with Gasteiger partial charge in [-0.1, -0.05) is 11.8 Å². The molecule has 4 rings (SSSR count). The maximum Gasteiger partial charge on any atom is 0.573 e. The predicted octanol–water partition coefficient (Wildman–Crippen LogP) is 4.83. The molecule has 0 N–H and O–H groups in total. The number of hydrogen-bond donors (Lipinski definition) is 0. The van der Waals surface area contributed by atoms with Crippen LogP contribution in [0.5, 0.6) is 5.75 Å². The standard InChI is InChI=1S/C22H24F3N3O2S/c23-22(24,25)30-18-6-8-19(9-7-18)31-20-10-5-16(14-26-20)21(29)28-13-3-4-17(28)15-27-11-1-2-12-27/h5-10,14,17H,1-4,11-13,15H2. The summed E-state index contributed by atoms with van der Waals surface area (Å²) in [5.41, 5.74) is 0.562. The minimum atomic E-state index is -4.71. The molecule has 0 radical (unpaired) electrons. The molecule has 0 spiro atoms. The fourth-order valence-corrected chi connectivity index (χ4v) is 4.87. The van der Waals surface area contributed by atoms with Gasteiger partial charge >= 0.3 is 6.36 Å². The number of likely N-dealkylation sites (tertiary alicyclic amines) is 2. The number of benzene rings is 1. The topological polar surface area (TPSA) is 45.7 Å². The van der Waals surface area contributed by atoms with Crippen LogP contribution in [0.25, 0.3) is 0 Å². The van der Waals surface area contributed by atoms with Gasteiger partial charge in [-0.2, -0.15) is 0 Å². The molecule has 1 atom stereocenters. The highest BCUT2D eigenvalue weighted by Crippen LogP contribution is 2.30. The molecule has 1 unspecified atom stereocenters. The van der Waals surface area contributed by atoms with Gasteiger partial charge in [0, 0.05) is 30.2 Å². The Morgan fingerprint density at radius 2 is 1.81 bits per heavy atom. The molecule has 31 heavy (non-hydrogen) atoms. The molecule has 0 aliphatic carbocycles. The van der Waals surface area contributed by atoms with Gasteiger partial charge in [-0.25, -0.2) is 4.98 Å². The molecule has 2 saturated heterocycles. The van der Waals surface area contributed by atoms with Gasteiger partial charge in [-0.3, -0.25) is 4.79 Å². The van der Waals surface area contributed by atoms with Gasteiger partial charge in [0.1, 0.15) is 10.8 Å². The first-order valence-corrected chi connectivity index (χ1v) is 11.2. The average Bonchev–Trinajstić information content (AvgIpc) is 3.41. The maximum atomic E-state index is 13.0. The Hall–Kier alpha value is -2.26. The van der Waals surface area contributed by atoms with Gasteiger partial charge in [0.25, 0.3) is 5.91 Å². The minimum Gasteiger partial charge on any atom is -0.406 e. The van der Waals surface area contributed by atoms with Crippen LogP contribution in [0.3, 0.4) is 0 Å². The fraction of sp³-hybridized carbons (Fsp3) is 0.455. The summed E-state index contributed by atoms with van der Waals surface area (Å²) >= 11 is 1.31. The summed E-state index contributed by atoms with van der Waals surface area (Å²) < 4.78 is 40.7. The van der Waals surface area contributed by atoms with Gasteiger partial charge < -0.3 is 14.5 Å². The van der Waals surface area contributed by atoms with E-state index in [9.17, 15) is 18.0 Å². The zero-order valence-corrected chi connectivity index (χ0v) is 17.8. The third-order valence-corrected chi connectivity index (χ3v) is 6.53. The number of nitrogens with zero attached hydrogens (tertiary/aromatic N) is 3. The smallest absolute Gasteiger partial charge is 0.406 e. The molecule has 0 saturated carbocycles. The summed E-state index contributed by atoms with van der Waals surface area (Å²) in [6, 6.07) is 9.41. The molecular weight excluding hydrogens is 427 g/mol. The second-order valence-electron chi connectivity index (χ2n) is 7.81. The van der Waals surface area contributed by atoms with Crippen molar-refractivity contribution in [3.63, 3.8) is 0 Å². The van der Waals surface area contributed by atoms with E-state index in [4.69, 9.17) is 0 Å². The Labute approximate surface area is 183 Å². The quantitative estimate of drug-likeness (QED) is 0.630. The lowest BCUT2D eigenvalue weighted by atomic mass is 10.2. The number of ether oxygens (including phenoxy) is 1. The summed E-state index contributed by atoms with van der Waals surface area (Å²) in [4.78, 5) is 22.5. The van der Waals surface area contributed by atoms with Crippen molar-refractivity contribution >= 4 is 17.7 Å². The number of carbonyl (C=O) groups excluding carboxylic acids is 1. The SMILES string of the molecule is O=C(c1ccc(Sc2ccc(OC(F)(F)F)cc2)nc1)N1CCCC1CN1CCCC1. The lowest BCUT2D eigenvalue weighted by molar-refractivity contribution is -0.274. The van der Waals surface area contributed by atoms with Crippen LogP contribution in [0.1, 0.15) is 36.0 Å². The van der Waals surface area contributed by atoms with E-state index in [0.29, 0.717) is 10.6 Å². The first-order valence-electron chi connectivity index (χ1n) is 10.4. The molecule has 5 nitrogen and oxygen atoms in total. The number of alkyl halides is 3. The molecule has 2 fully saturated rings. The first kappa shape index (κ1) is 22.0. The highest BCUT2D eigenvalue weighted by molar-refractivity contribution is 7.99. The average molecular weight is 452 g/mol. The van der Waals surface area contributed by atoms with E-state index in [2.05, 4.69) is 14.6 Å². The van der Waals surface area contributed by atoms with Crippen LogP contribution in [-0.2, 0) is 0 Å². The number of carbonyl (C=O) groups is 1. The van der Waals surface area contributed by atoms with Crippen molar-refractivity contribution in [2.45, 2.75) is 48.0 Å². The predicted molar refractivity (Wildman–Crippen MR) is 111 cm³/mol. The molecule has 9 heteroatoms. The van der Waals surface area contributed by atoms with Crippen LogP contribution in [0.4, 0.5) is 13.2 Å². The number of aromatic nitrogens is 1. The Bertz CT molecular complexity index is 884. The monoisotopic (exact) mass is 451 g/mol. The number of amides is 1. The molecule has 2 aliphatic heterocycles. The minimum absolute atomic E-state index is 0.0133. The molecule has 1 amide bonds. The Balaban J connectivity index is 1.35. The fourth-order valence-electron chi connectivity index (χ4n) is 4.12. The van der Waals surface area contributed by atoms with Crippen molar-refractivity contribution in [1.29, 1.82) is 0 Å². The van der Waals surface area contributed by atoms with E-state index in [1.165, 1.54) is 36.7 Å². The molecule has 0 bridgehead atoms. The molecular formula is C22H24F3N3O2S. The summed E-state index contributed by atoms with van der Waals surface area (Å²) in [7, 11) is 0. The van der Waals surface area contributed by atoms with Crippen molar-refractivity contribution < 1.29 is 22.7 Å². The number of halogens is 3. The Morgan fingerprint density at radius 3 is 2.45 bits per heavy atom. The van der Waals surface area contributed by atoms with Crippen LogP contribution in [0, 0.1) is 0 Å². The molecule has 1 aromatic carbocycles. The van der Waals surface area contributed by atoms with E-state index < -0.39 is 6.36 Å². The van der Waals surface area contributed by atoms with Crippen LogP contribution < -0.4 is 4.74 Å². The largest absolute Gasteiger partial charge is 0.573 e. The highest BCUT2D eigenvalue weighted by atomic mass is 32.2. The number of hydrogen-bond acceptors (Lipinski definition) is 5. The van der Waals surface area contributed by atoms with E-state index in [0.717, 1.165) is 43.9 Å². The molecule has 3 heterocycles. The van der Waals surface area contributed by atoms with E-state index in [1.807, 2.05) is 4.90 Å². The normalized spacial score (nSPS) is 19.7. The van der Waals surface area contributed by atoms with Crippen molar-refractivity contribution in [2.75, 3.05) is 26.2 Å². The highest BCUT2D eigenvalue weighted by Gasteiger charge is 2.32. The molecule has 2 aliphatic rings. The van der Waals surface area contributed by atoms with Gasteiger partial charge in [-0.15, -0.1) is 13.2 Å². The third-order valence-electron chi connectivity index (χ3n) is 5.57. The van der Waals surface area contributed by atoms with Crippen molar-refractivity contribution in [3.8, 4) is 5.75 Å². The zero-order chi connectivity index (χ0) is 21.8. The van der Waals surface area contributed by atoms with Crippen molar-refractivity contribution in [1.82, 2.24) is 14.8 Å². The van der Waals surface area contributed by atoms with Gasteiger partial charge in [0.15, 0.2) is 0 Å². The lowest BCUT2D eigenvalue weighted by Crippen LogP contribution is -2.42. The first-order chi connectivity index (χ1) is 14.9. The molecule has 2 aromatic rings. The zero-order valence-electron chi connectivity index (χ0n) is 17.0. The van der Waals surface area contributed by atoms with Crippen LogP contribution in [0.2, 0.25) is 0 Å². The summed E-state index contributed by atoms with van der Waals surface area (Å²) in [6.07, 6.45) is 1.42. The second kappa shape index (κ2) is 9.48. The molecule has 166 valence electrons. The third kappa shape index (κ3) is 5.92. The summed E-state index contributed by atoms with van der Waals surface area (Å²) in [5.74, 6) is -0.251. The van der Waals surface area contributed by atoms with Gasteiger partial charge in [0.05, 0.1) is 5.56 Å². The maximum absolute atomic E-state index is 13.0.